The van der Waals surface area contributed by atoms with Gasteiger partial charge in [0, 0.05) is 18.7 Å². The van der Waals surface area contributed by atoms with Gasteiger partial charge in [0.25, 0.3) is 0 Å². The SMILES string of the molecule is CNC(c1ccccc1OC(F)(F)F)C1CN(C)CCO1. The maximum atomic E-state index is 12.5. The molecule has 2 rings (SSSR count). The number of para-hydroxylation sites is 1. The van der Waals surface area contributed by atoms with E-state index in [1.54, 1.807) is 19.2 Å². The predicted molar refractivity (Wildman–Crippen MR) is 72.2 cm³/mol. The van der Waals surface area contributed by atoms with E-state index in [1.165, 1.54) is 12.1 Å². The molecule has 118 valence electrons. The summed E-state index contributed by atoms with van der Waals surface area (Å²) in [5.74, 6) is -0.193. The lowest BCUT2D eigenvalue weighted by atomic mass is 9.99. The molecule has 1 N–H and O–H groups in total. The average molecular weight is 304 g/mol. The number of likely N-dealkylation sites (N-methyl/N-ethyl adjacent to an activating group) is 2. The smallest absolute Gasteiger partial charge is 0.405 e. The van der Waals surface area contributed by atoms with Crippen molar-refractivity contribution in [1.29, 1.82) is 0 Å². The molecule has 0 bridgehead atoms. The van der Waals surface area contributed by atoms with Crippen LogP contribution in [0.5, 0.6) is 5.75 Å². The summed E-state index contributed by atoms with van der Waals surface area (Å²) in [6.45, 7) is 2.02. The lowest BCUT2D eigenvalue weighted by Crippen LogP contribution is -2.46. The van der Waals surface area contributed by atoms with Crippen LogP contribution in [-0.4, -0.2) is 51.2 Å². The summed E-state index contributed by atoms with van der Waals surface area (Å²) in [5, 5.41) is 3.04. The third-order valence-electron chi connectivity index (χ3n) is 3.46. The monoisotopic (exact) mass is 304 g/mol. The molecule has 7 heteroatoms. The van der Waals surface area contributed by atoms with E-state index in [2.05, 4.69) is 15.0 Å². The summed E-state index contributed by atoms with van der Waals surface area (Å²) in [4.78, 5) is 2.09. The highest BCUT2D eigenvalue weighted by Gasteiger charge is 2.35. The zero-order valence-electron chi connectivity index (χ0n) is 12.0. The van der Waals surface area contributed by atoms with Gasteiger partial charge in [0.05, 0.1) is 18.8 Å². The Morgan fingerprint density at radius 2 is 2.10 bits per heavy atom. The molecule has 0 saturated carbocycles. The Hall–Kier alpha value is -1.31. The lowest BCUT2D eigenvalue weighted by Gasteiger charge is -2.35. The van der Waals surface area contributed by atoms with Crippen molar-refractivity contribution in [3.05, 3.63) is 29.8 Å². The molecule has 2 atom stereocenters. The number of morpholine rings is 1. The zero-order valence-corrected chi connectivity index (χ0v) is 12.0. The van der Waals surface area contributed by atoms with Crippen molar-refractivity contribution >= 4 is 0 Å². The van der Waals surface area contributed by atoms with Gasteiger partial charge in [-0.2, -0.15) is 0 Å². The van der Waals surface area contributed by atoms with Gasteiger partial charge in [0.15, 0.2) is 0 Å². The molecule has 0 spiro atoms. The van der Waals surface area contributed by atoms with Crippen molar-refractivity contribution in [2.24, 2.45) is 0 Å². The van der Waals surface area contributed by atoms with Gasteiger partial charge in [0.2, 0.25) is 0 Å². The number of rotatable bonds is 4. The molecule has 1 fully saturated rings. The van der Waals surface area contributed by atoms with E-state index in [0.717, 1.165) is 6.54 Å². The maximum absolute atomic E-state index is 12.5. The first kappa shape index (κ1) is 16.1. The molecule has 1 aliphatic heterocycles. The highest BCUT2D eigenvalue weighted by molar-refractivity contribution is 5.37. The molecule has 0 aromatic heterocycles. The van der Waals surface area contributed by atoms with Gasteiger partial charge in [-0.1, -0.05) is 18.2 Å². The highest BCUT2D eigenvalue weighted by atomic mass is 19.4. The van der Waals surface area contributed by atoms with E-state index in [1.807, 2.05) is 7.05 Å². The molecule has 0 aliphatic carbocycles. The minimum Gasteiger partial charge on any atom is -0.405 e. The highest BCUT2D eigenvalue weighted by Crippen LogP contribution is 2.33. The number of nitrogens with zero attached hydrogens (tertiary/aromatic N) is 1. The van der Waals surface area contributed by atoms with Gasteiger partial charge in [0.1, 0.15) is 5.75 Å². The Kier molecular flexibility index (Phi) is 5.08. The minimum absolute atomic E-state index is 0.193. The molecule has 1 saturated heterocycles. The second-order valence-corrected chi connectivity index (χ2v) is 5.02. The first-order valence-electron chi connectivity index (χ1n) is 6.73. The molecule has 0 amide bonds. The Bertz CT molecular complexity index is 468. The van der Waals surface area contributed by atoms with Gasteiger partial charge in [-0.3, -0.25) is 0 Å². The average Bonchev–Trinajstić information content (AvgIpc) is 2.40. The summed E-state index contributed by atoms with van der Waals surface area (Å²) in [7, 11) is 3.66. The molecular weight excluding hydrogens is 285 g/mol. The fourth-order valence-electron chi connectivity index (χ4n) is 2.51. The van der Waals surface area contributed by atoms with E-state index < -0.39 is 6.36 Å². The Balaban J connectivity index is 2.25. The van der Waals surface area contributed by atoms with E-state index in [9.17, 15) is 13.2 Å². The summed E-state index contributed by atoms with van der Waals surface area (Å²) in [6.07, 6.45) is -4.94. The second kappa shape index (κ2) is 6.64. The van der Waals surface area contributed by atoms with E-state index in [4.69, 9.17) is 4.74 Å². The number of halogens is 3. The van der Waals surface area contributed by atoms with Crippen LogP contribution in [0, 0.1) is 0 Å². The molecule has 1 aliphatic rings. The van der Waals surface area contributed by atoms with Crippen LogP contribution in [0.25, 0.3) is 0 Å². The van der Waals surface area contributed by atoms with Crippen LogP contribution >= 0.6 is 0 Å². The molecule has 2 unspecified atom stereocenters. The molecule has 21 heavy (non-hydrogen) atoms. The standard InChI is InChI=1S/C14H19F3N2O2/c1-18-13(12-9-19(2)7-8-20-12)10-5-3-4-6-11(10)21-14(15,16)17/h3-6,12-13,18H,7-9H2,1-2H3. The van der Waals surface area contributed by atoms with Gasteiger partial charge in [-0.15, -0.1) is 13.2 Å². The van der Waals surface area contributed by atoms with Crippen LogP contribution < -0.4 is 10.1 Å². The van der Waals surface area contributed by atoms with Crippen LogP contribution in [0.2, 0.25) is 0 Å². The summed E-state index contributed by atoms with van der Waals surface area (Å²) >= 11 is 0. The topological polar surface area (TPSA) is 33.7 Å². The van der Waals surface area contributed by atoms with Crippen molar-refractivity contribution in [1.82, 2.24) is 10.2 Å². The van der Waals surface area contributed by atoms with Crippen molar-refractivity contribution in [2.75, 3.05) is 33.8 Å². The summed E-state index contributed by atoms with van der Waals surface area (Å²) < 4.78 is 47.4. The summed E-state index contributed by atoms with van der Waals surface area (Å²) in [6, 6.07) is 5.78. The maximum Gasteiger partial charge on any atom is 0.573 e. The molecular formula is C14H19F3N2O2. The fourth-order valence-corrected chi connectivity index (χ4v) is 2.51. The van der Waals surface area contributed by atoms with Crippen molar-refractivity contribution < 1.29 is 22.6 Å². The van der Waals surface area contributed by atoms with Crippen LogP contribution in [0.4, 0.5) is 13.2 Å². The number of nitrogens with one attached hydrogen (secondary N) is 1. The van der Waals surface area contributed by atoms with E-state index in [0.29, 0.717) is 18.7 Å². The Morgan fingerprint density at radius 1 is 1.38 bits per heavy atom. The van der Waals surface area contributed by atoms with E-state index >= 15 is 0 Å². The van der Waals surface area contributed by atoms with Gasteiger partial charge < -0.3 is 19.7 Å². The molecule has 1 aromatic rings. The number of benzene rings is 1. The van der Waals surface area contributed by atoms with Gasteiger partial charge in [-0.05, 0) is 20.2 Å². The van der Waals surface area contributed by atoms with Crippen LogP contribution in [0.3, 0.4) is 0 Å². The third-order valence-corrected chi connectivity index (χ3v) is 3.46. The van der Waals surface area contributed by atoms with Gasteiger partial charge >= 0.3 is 6.36 Å². The predicted octanol–water partition coefficient (Wildman–Crippen LogP) is 2.18. The first-order chi connectivity index (χ1) is 9.90. The number of hydrogen-bond donors (Lipinski definition) is 1. The molecule has 1 heterocycles. The van der Waals surface area contributed by atoms with Crippen LogP contribution in [0.1, 0.15) is 11.6 Å². The largest absolute Gasteiger partial charge is 0.573 e. The first-order valence-corrected chi connectivity index (χ1v) is 6.73. The number of ether oxygens (including phenoxy) is 2. The normalized spacial score (nSPS) is 22.0. The van der Waals surface area contributed by atoms with Gasteiger partial charge in [-0.25, -0.2) is 0 Å². The lowest BCUT2D eigenvalue weighted by molar-refractivity contribution is -0.275. The second-order valence-electron chi connectivity index (χ2n) is 5.02. The quantitative estimate of drug-likeness (QED) is 0.924. The van der Waals surface area contributed by atoms with Crippen molar-refractivity contribution in [2.45, 2.75) is 18.5 Å². The zero-order chi connectivity index (χ0) is 15.5. The Labute approximate surface area is 121 Å². The Morgan fingerprint density at radius 3 is 2.71 bits per heavy atom. The third kappa shape index (κ3) is 4.33. The summed E-state index contributed by atoms with van der Waals surface area (Å²) in [5.41, 5.74) is 0.442. The van der Waals surface area contributed by atoms with Crippen LogP contribution in [0.15, 0.2) is 24.3 Å². The van der Waals surface area contributed by atoms with E-state index in [-0.39, 0.29) is 17.9 Å². The molecule has 0 radical (unpaired) electrons. The number of hydrogen-bond acceptors (Lipinski definition) is 4. The minimum atomic E-state index is -4.71. The van der Waals surface area contributed by atoms with Crippen molar-refractivity contribution in [3.8, 4) is 5.75 Å². The molecule has 4 nitrogen and oxygen atoms in total. The van der Waals surface area contributed by atoms with Crippen molar-refractivity contribution in [3.63, 3.8) is 0 Å². The molecule has 1 aromatic carbocycles. The number of alkyl halides is 3. The fraction of sp³-hybridized carbons (Fsp3) is 0.571. The van der Waals surface area contributed by atoms with Crippen LogP contribution in [-0.2, 0) is 4.74 Å².